The van der Waals surface area contributed by atoms with Gasteiger partial charge in [-0.05, 0) is 42.3 Å². The number of aromatic nitrogens is 1. The van der Waals surface area contributed by atoms with Gasteiger partial charge < -0.3 is 9.64 Å². The van der Waals surface area contributed by atoms with E-state index in [-0.39, 0.29) is 12.3 Å². The Kier molecular flexibility index (Phi) is 5.62. The van der Waals surface area contributed by atoms with Crippen LogP contribution in [0.25, 0.3) is 0 Å². The average molecular weight is 415 g/mol. The van der Waals surface area contributed by atoms with E-state index >= 15 is 0 Å². The van der Waals surface area contributed by atoms with Gasteiger partial charge in [-0.3, -0.25) is 14.4 Å². The summed E-state index contributed by atoms with van der Waals surface area (Å²) in [7, 11) is 1.54. The van der Waals surface area contributed by atoms with Crippen molar-refractivity contribution in [2.45, 2.75) is 19.5 Å². The second-order valence-corrected chi connectivity index (χ2v) is 7.63. The first-order valence-electron chi connectivity index (χ1n) is 10.0. The minimum Gasteiger partial charge on any atom is -0.497 e. The maximum atomic E-state index is 13.4. The molecule has 1 amide bonds. The van der Waals surface area contributed by atoms with Gasteiger partial charge in [-0.2, -0.15) is 0 Å². The van der Waals surface area contributed by atoms with E-state index in [4.69, 9.17) is 4.74 Å². The third-order valence-corrected chi connectivity index (χ3v) is 5.62. The number of rotatable bonds is 6. The third kappa shape index (κ3) is 3.97. The second kappa shape index (κ2) is 8.52. The number of carbonyl (C=O) groups is 3. The molecule has 2 aromatic carbocycles. The number of ketones is 2. The van der Waals surface area contributed by atoms with Crippen molar-refractivity contribution in [3.63, 3.8) is 0 Å². The Morgan fingerprint density at radius 1 is 0.968 bits per heavy atom. The van der Waals surface area contributed by atoms with Crippen LogP contribution in [-0.2, 0) is 16.1 Å². The number of ether oxygens (including phenoxy) is 1. The highest BCUT2D eigenvalue weighted by atomic mass is 16.5. The summed E-state index contributed by atoms with van der Waals surface area (Å²) in [6.45, 7) is 2.21. The molecule has 6 nitrogen and oxygen atoms in total. The lowest BCUT2D eigenvalue weighted by atomic mass is 9.86. The summed E-state index contributed by atoms with van der Waals surface area (Å²) in [4.78, 5) is 43.9. The molecule has 6 heteroatoms. The van der Waals surface area contributed by atoms with Gasteiger partial charge >= 0.3 is 0 Å². The van der Waals surface area contributed by atoms with Crippen molar-refractivity contribution < 1.29 is 24.1 Å². The molecule has 3 aromatic rings. The lowest BCUT2D eigenvalue weighted by Crippen LogP contribution is -2.30. The first-order chi connectivity index (χ1) is 15.0. The summed E-state index contributed by atoms with van der Waals surface area (Å²) in [5.74, 6) is -2.16. The molecule has 0 radical (unpaired) electrons. The number of pyridine rings is 1. The summed E-state index contributed by atoms with van der Waals surface area (Å²) in [6, 6.07) is 17.2. The quantitative estimate of drug-likeness (QED) is 0.352. The van der Waals surface area contributed by atoms with Crippen LogP contribution in [-0.4, -0.2) is 29.5 Å². The van der Waals surface area contributed by atoms with Crippen LogP contribution < -0.4 is 9.72 Å². The molecule has 156 valence electrons. The normalized spacial score (nSPS) is 18.3. The number of nitrogens with one attached hydrogen (secondary N) is 1. The molecule has 1 saturated heterocycles. The van der Waals surface area contributed by atoms with Gasteiger partial charge in [-0.25, -0.2) is 4.98 Å². The van der Waals surface area contributed by atoms with Crippen molar-refractivity contribution in [1.29, 1.82) is 0 Å². The van der Waals surface area contributed by atoms with E-state index in [1.807, 2.05) is 43.3 Å². The first-order valence-corrected chi connectivity index (χ1v) is 10.0. The highest BCUT2D eigenvalue weighted by Crippen LogP contribution is 2.39. The van der Waals surface area contributed by atoms with Crippen molar-refractivity contribution in [2.75, 3.05) is 7.11 Å². The van der Waals surface area contributed by atoms with E-state index < -0.39 is 23.7 Å². The summed E-state index contributed by atoms with van der Waals surface area (Å²) < 4.78 is 5.15. The summed E-state index contributed by atoms with van der Waals surface area (Å²) in [5, 5.41) is 0. The minimum atomic E-state index is -1.10. The zero-order chi connectivity index (χ0) is 22.0. The Bertz CT molecular complexity index is 1110. The molecular formula is C25H23N2O4+. The van der Waals surface area contributed by atoms with Gasteiger partial charge in [0.15, 0.2) is 18.2 Å². The SMILES string of the molecule is COc1ccc(C(=O)C2C(=O)C(=O)N(Cc3cc[nH+]cc3)C2c2ccc(C)cc2)cc1. The monoisotopic (exact) mass is 415 g/mol. The van der Waals surface area contributed by atoms with Gasteiger partial charge in [0.1, 0.15) is 11.7 Å². The van der Waals surface area contributed by atoms with Gasteiger partial charge in [-0.1, -0.05) is 29.8 Å². The number of amides is 1. The van der Waals surface area contributed by atoms with E-state index in [1.54, 1.807) is 43.8 Å². The number of carbonyl (C=O) groups excluding carboxylic acids is 3. The molecule has 0 spiro atoms. The van der Waals surface area contributed by atoms with Crippen LogP contribution in [0.1, 0.15) is 33.1 Å². The number of Topliss-reactive ketones (excluding diaryl/α,β-unsaturated/α-hetero) is 2. The molecule has 0 saturated carbocycles. The largest absolute Gasteiger partial charge is 0.497 e. The van der Waals surface area contributed by atoms with Gasteiger partial charge in [0.05, 0.1) is 13.2 Å². The Morgan fingerprint density at radius 3 is 2.23 bits per heavy atom. The smallest absolute Gasteiger partial charge is 0.291 e. The van der Waals surface area contributed by atoms with Gasteiger partial charge in [0.25, 0.3) is 5.91 Å². The first kappa shape index (κ1) is 20.5. The molecule has 0 aliphatic carbocycles. The number of hydrogen-bond acceptors (Lipinski definition) is 4. The molecule has 1 aromatic heterocycles. The molecule has 2 heterocycles. The molecule has 0 bridgehead atoms. The van der Waals surface area contributed by atoms with Crippen molar-refractivity contribution >= 4 is 17.5 Å². The fourth-order valence-electron chi connectivity index (χ4n) is 3.95. The summed E-state index contributed by atoms with van der Waals surface area (Å²) in [6.07, 6.45) is 3.52. The van der Waals surface area contributed by atoms with E-state index in [9.17, 15) is 14.4 Å². The van der Waals surface area contributed by atoms with Gasteiger partial charge in [0, 0.05) is 24.2 Å². The lowest BCUT2D eigenvalue weighted by molar-refractivity contribution is -0.378. The number of benzene rings is 2. The highest BCUT2D eigenvalue weighted by Gasteiger charge is 2.51. The van der Waals surface area contributed by atoms with Crippen LogP contribution in [0.15, 0.2) is 73.1 Å². The van der Waals surface area contributed by atoms with Crippen molar-refractivity contribution in [2.24, 2.45) is 5.92 Å². The molecule has 4 rings (SSSR count). The zero-order valence-corrected chi connectivity index (χ0v) is 17.4. The van der Waals surface area contributed by atoms with E-state index in [1.165, 1.54) is 4.90 Å². The van der Waals surface area contributed by atoms with Crippen molar-refractivity contribution in [3.8, 4) is 5.75 Å². The van der Waals surface area contributed by atoms with Crippen LogP contribution in [0, 0.1) is 12.8 Å². The fourth-order valence-corrected chi connectivity index (χ4v) is 3.95. The van der Waals surface area contributed by atoms with E-state index in [0.29, 0.717) is 11.3 Å². The highest BCUT2D eigenvalue weighted by molar-refractivity contribution is 6.44. The molecule has 1 aliphatic heterocycles. The third-order valence-electron chi connectivity index (χ3n) is 5.62. The van der Waals surface area contributed by atoms with Crippen molar-refractivity contribution in [1.82, 2.24) is 4.90 Å². The topological polar surface area (TPSA) is 77.8 Å². The molecule has 31 heavy (non-hydrogen) atoms. The zero-order valence-electron chi connectivity index (χ0n) is 17.4. The maximum absolute atomic E-state index is 13.4. The molecule has 1 fully saturated rings. The Labute approximate surface area is 180 Å². The predicted molar refractivity (Wildman–Crippen MR) is 113 cm³/mol. The number of methoxy groups -OCH3 is 1. The Hall–Kier alpha value is -3.80. The number of aromatic amines is 1. The van der Waals surface area contributed by atoms with Crippen LogP contribution >= 0.6 is 0 Å². The molecule has 1 N–H and O–H groups in total. The fraction of sp³-hybridized carbons (Fsp3) is 0.200. The van der Waals surface area contributed by atoms with Crippen LogP contribution in [0.4, 0.5) is 0 Å². The molecule has 2 unspecified atom stereocenters. The summed E-state index contributed by atoms with van der Waals surface area (Å²) in [5.41, 5.74) is 3.07. The number of nitrogens with zero attached hydrogens (tertiary/aromatic N) is 1. The van der Waals surface area contributed by atoms with Gasteiger partial charge in [0.2, 0.25) is 5.78 Å². The van der Waals surface area contributed by atoms with Crippen LogP contribution in [0.5, 0.6) is 5.75 Å². The number of hydrogen-bond donors (Lipinski definition) is 0. The lowest BCUT2D eigenvalue weighted by Gasteiger charge is -2.27. The predicted octanol–water partition coefficient (Wildman–Crippen LogP) is 2.97. The average Bonchev–Trinajstić information content (AvgIpc) is 3.05. The Morgan fingerprint density at radius 2 is 1.61 bits per heavy atom. The molecule has 1 aliphatic rings. The standard InChI is InChI=1S/C25H22N2O4/c1-16-3-5-18(6-4-16)22-21(23(28)19-7-9-20(31-2)10-8-19)24(29)25(30)27(22)15-17-11-13-26-14-12-17/h3-14,21-22H,15H2,1-2H3/p+1. The van der Waals surface area contributed by atoms with Gasteiger partial charge in [-0.15, -0.1) is 0 Å². The second-order valence-electron chi connectivity index (χ2n) is 7.63. The number of likely N-dealkylation sites (tertiary alicyclic amines) is 1. The Balaban J connectivity index is 1.75. The van der Waals surface area contributed by atoms with Crippen molar-refractivity contribution in [3.05, 3.63) is 95.3 Å². The van der Waals surface area contributed by atoms with E-state index in [2.05, 4.69) is 4.98 Å². The molecule has 2 atom stereocenters. The molecular weight excluding hydrogens is 392 g/mol. The van der Waals surface area contributed by atoms with E-state index in [0.717, 1.165) is 16.7 Å². The number of H-pyrrole nitrogens is 1. The van der Waals surface area contributed by atoms with Crippen LogP contribution in [0.2, 0.25) is 0 Å². The minimum absolute atomic E-state index is 0.240. The maximum Gasteiger partial charge on any atom is 0.291 e. The summed E-state index contributed by atoms with van der Waals surface area (Å²) >= 11 is 0. The van der Waals surface area contributed by atoms with Crippen LogP contribution in [0.3, 0.4) is 0 Å². The number of aryl methyl sites for hydroxylation is 1.